The molecular formula is C48H31N3OS. The molecule has 250 valence electrons. The summed E-state index contributed by atoms with van der Waals surface area (Å²) in [6.07, 6.45) is 9.92. The van der Waals surface area contributed by atoms with Crippen LogP contribution in [0.25, 0.3) is 108 Å². The van der Waals surface area contributed by atoms with E-state index in [4.69, 9.17) is 9.40 Å². The Morgan fingerprint density at radius 2 is 1.38 bits per heavy atom. The fourth-order valence-corrected chi connectivity index (χ4v) is 9.64. The molecule has 0 saturated heterocycles. The monoisotopic (exact) mass is 697 g/mol. The highest BCUT2D eigenvalue weighted by molar-refractivity contribution is 7.26. The molecule has 0 saturated carbocycles. The Labute approximate surface area is 308 Å². The van der Waals surface area contributed by atoms with Gasteiger partial charge in [-0.15, -0.1) is 11.3 Å². The van der Waals surface area contributed by atoms with Crippen molar-refractivity contribution in [2.45, 2.75) is 6.92 Å². The molecule has 5 aromatic heterocycles. The summed E-state index contributed by atoms with van der Waals surface area (Å²) in [7, 11) is 0. The number of allylic oxidation sites excluding steroid dienone is 5. The van der Waals surface area contributed by atoms with E-state index < -0.39 is 0 Å². The minimum absolute atomic E-state index is 0.873. The van der Waals surface area contributed by atoms with Crippen LogP contribution in [0.15, 0.2) is 169 Å². The third kappa shape index (κ3) is 4.32. The number of hydrogen-bond donors (Lipinski definition) is 0. The van der Waals surface area contributed by atoms with E-state index in [1.165, 1.54) is 52.8 Å². The van der Waals surface area contributed by atoms with Crippen LogP contribution >= 0.6 is 11.3 Å². The number of pyridine rings is 1. The molecular weight excluding hydrogens is 667 g/mol. The van der Waals surface area contributed by atoms with Gasteiger partial charge in [0.05, 0.1) is 32.5 Å². The molecule has 0 bridgehead atoms. The predicted molar refractivity (Wildman–Crippen MR) is 226 cm³/mol. The van der Waals surface area contributed by atoms with E-state index in [-0.39, 0.29) is 0 Å². The molecule has 5 heteroatoms. The topological polar surface area (TPSA) is 35.9 Å². The Balaban J connectivity index is 1.25. The van der Waals surface area contributed by atoms with Crippen molar-refractivity contribution >= 4 is 103 Å². The zero-order chi connectivity index (χ0) is 35.2. The van der Waals surface area contributed by atoms with Gasteiger partial charge in [0.1, 0.15) is 11.2 Å². The largest absolute Gasteiger partial charge is 0.456 e. The lowest BCUT2D eigenvalue weighted by Crippen LogP contribution is -1.95. The zero-order valence-corrected chi connectivity index (χ0v) is 29.7. The number of benzene rings is 6. The van der Waals surface area contributed by atoms with E-state index in [9.17, 15) is 0 Å². The minimum Gasteiger partial charge on any atom is -0.456 e. The molecule has 0 unspecified atom stereocenters. The van der Waals surface area contributed by atoms with Crippen molar-refractivity contribution in [2.75, 3.05) is 0 Å². The van der Waals surface area contributed by atoms with Crippen molar-refractivity contribution < 1.29 is 4.42 Å². The van der Waals surface area contributed by atoms with Gasteiger partial charge in [0, 0.05) is 77.0 Å². The Kier molecular flexibility index (Phi) is 6.45. The second kappa shape index (κ2) is 11.4. The summed E-state index contributed by atoms with van der Waals surface area (Å²) >= 11 is 1.81. The van der Waals surface area contributed by atoms with Crippen molar-refractivity contribution in [1.82, 2.24) is 14.1 Å². The van der Waals surface area contributed by atoms with Crippen LogP contribution in [0.2, 0.25) is 0 Å². The van der Waals surface area contributed by atoms with Gasteiger partial charge in [-0.25, -0.2) is 0 Å². The molecule has 0 spiro atoms. The van der Waals surface area contributed by atoms with E-state index >= 15 is 0 Å². The average molecular weight is 698 g/mol. The summed E-state index contributed by atoms with van der Waals surface area (Å²) in [5.74, 6) is 0. The Bertz CT molecular complexity index is 3380. The van der Waals surface area contributed by atoms with E-state index in [2.05, 4.69) is 144 Å². The standard InChI is InChI=1S/C48H31N3OS/c1-3-4-5-12-29(2)50-38-16-9-6-15-36(38)45-39(50)23-24-40-46(45)37-21-19-30(47-48-35(25-26-49-47)34-14-8-11-18-44(34)53-48)27-41(37)51(40)31-20-22-33-32-13-7-10-17-42(32)52-43(33)28-31/h3-28H,1H2,2H3/b5-4-,29-12+. The highest BCUT2D eigenvalue weighted by Gasteiger charge is 2.22. The van der Waals surface area contributed by atoms with Crippen LogP contribution in [-0.4, -0.2) is 14.1 Å². The third-order valence-corrected chi connectivity index (χ3v) is 11.9. The third-order valence-electron chi connectivity index (χ3n) is 10.7. The normalized spacial score (nSPS) is 12.7. The lowest BCUT2D eigenvalue weighted by molar-refractivity contribution is 0.668. The van der Waals surface area contributed by atoms with Gasteiger partial charge >= 0.3 is 0 Å². The molecule has 53 heavy (non-hydrogen) atoms. The van der Waals surface area contributed by atoms with Crippen molar-refractivity contribution in [3.8, 4) is 16.9 Å². The van der Waals surface area contributed by atoms with Crippen LogP contribution < -0.4 is 0 Å². The Morgan fingerprint density at radius 3 is 2.28 bits per heavy atom. The van der Waals surface area contributed by atoms with Crippen LogP contribution in [0.5, 0.6) is 0 Å². The van der Waals surface area contributed by atoms with Crippen molar-refractivity contribution in [3.05, 3.63) is 164 Å². The fourth-order valence-electron chi connectivity index (χ4n) is 8.43. The van der Waals surface area contributed by atoms with Crippen molar-refractivity contribution in [3.63, 3.8) is 0 Å². The molecule has 0 radical (unpaired) electrons. The minimum atomic E-state index is 0.873. The number of hydrogen-bond acceptors (Lipinski definition) is 3. The molecule has 0 fully saturated rings. The molecule has 0 aliphatic heterocycles. The van der Waals surface area contributed by atoms with Crippen LogP contribution in [0.1, 0.15) is 6.92 Å². The molecule has 6 aromatic carbocycles. The molecule has 5 heterocycles. The summed E-state index contributed by atoms with van der Waals surface area (Å²) in [6.45, 7) is 6.02. The molecule has 0 N–H and O–H groups in total. The average Bonchev–Trinajstić information content (AvgIpc) is 3.94. The first-order chi connectivity index (χ1) is 26.2. The van der Waals surface area contributed by atoms with Gasteiger partial charge in [-0.1, -0.05) is 91.5 Å². The predicted octanol–water partition coefficient (Wildman–Crippen LogP) is 13.8. The molecule has 0 aliphatic carbocycles. The van der Waals surface area contributed by atoms with Crippen LogP contribution in [0, 0.1) is 0 Å². The maximum atomic E-state index is 6.44. The summed E-state index contributed by atoms with van der Waals surface area (Å²) in [5, 5.41) is 9.64. The first kappa shape index (κ1) is 30.0. The molecule has 0 atom stereocenters. The SMILES string of the molecule is C=C/C=C\C=C(/C)n1c2ccccc2c2c3c4ccc(-c5nccc6c5sc5ccccc56)cc4n(-c4ccc5c(c4)oc4ccccc45)c3ccc21. The smallest absolute Gasteiger partial charge is 0.137 e. The highest BCUT2D eigenvalue weighted by atomic mass is 32.1. The molecule has 11 aromatic rings. The number of rotatable bonds is 5. The van der Waals surface area contributed by atoms with Gasteiger partial charge in [-0.3, -0.25) is 4.98 Å². The first-order valence-electron chi connectivity index (χ1n) is 17.8. The number of nitrogens with zero attached hydrogens (tertiary/aromatic N) is 3. The number of para-hydroxylation sites is 2. The maximum Gasteiger partial charge on any atom is 0.137 e. The van der Waals surface area contributed by atoms with Gasteiger partial charge in [-0.2, -0.15) is 0 Å². The lowest BCUT2D eigenvalue weighted by atomic mass is 10.0. The van der Waals surface area contributed by atoms with E-state index in [1.54, 1.807) is 0 Å². The van der Waals surface area contributed by atoms with Gasteiger partial charge in [-0.05, 0) is 67.6 Å². The lowest BCUT2D eigenvalue weighted by Gasteiger charge is -2.10. The Hall–Kier alpha value is -6.69. The second-order valence-corrected chi connectivity index (χ2v) is 14.7. The van der Waals surface area contributed by atoms with Crippen LogP contribution in [-0.2, 0) is 0 Å². The van der Waals surface area contributed by atoms with Crippen LogP contribution in [0.3, 0.4) is 0 Å². The Morgan fingerprint density at radius 1 is 0.642 bits per heavy atom. The maximum absolute atomic E-state index is 6.44. The van der Waals surface area contributed by atoms with E-state index in [0.29, 0.717) is 0 Å². The summed E-state index contributed by atoms with van der Waals surface area (Å²) in [6, 6.07) is 45.9. The van der Waals surface area contributed by atoms with Gasteiger partial charge in [0.25, 0.3) is 0 Å². The highest BCUT2D eigenvalue weighted by Crippen LogP contribution is 2.45. The number of aromatic nitrogens is 3. The van der Waals surface area contributed by atoms with Crippen LogP contribution in [0.4, 0.5) is 0 Å². The molecule has 0 amide bonds. The summed E-state index contributed by atoms with van der Waals surface area (Å²) in [5.41, 5.74) is 10.7. The van der Waals surface area contributed by atoms with Crippen molar-refractivity contribution in [1.29, 1.82) is 0 Å². The number of fused-ring (bicyclic) bond motifs is 13. The molecule has 11 rings (SSSR count). The second-order valence-electron chi connectivity index (χ2n) is 13.6. The fraction of sp³-hybridized carbons (Fsp3) is 0.0208. The number of furan rings is 1. The first-order valence-corrected chi connectivity index (χ1v) is 18.6. The molecule has 0 aliphatic rings. The summed E-state index contributed by atoms with van der Waals surface area (Å²) < 4.78 is 13.7. The quantitative estimate of drug-likeness (QED) is 0.168. The van der Waals surface area contributed by atoms with Gasteiger partial charge in [0.15, 0.2) is 0 Å². The number of thiophene rings is 1. The van der Waals surface area contributed by atoms with E-state index in [1.807, 2.05) is 47.9 Å². The van der Waals surface area contributed by atoms with Gasteiger partial charge in [0.2, 0.25) is 0 Å². The van der Waals surface area contributed by atoms with Gasteiger partial charge < -0.3 is 13.6 Å². The summed E-state index contributed by atoms with van der Waals surface area (Å²) in [4.78, 5) is 5.01. The zero-order valence-electron chi connectivity index (χ0n) is 28.9. The van der Waals surface area contributed by atoms with Crippen molar-refractivity contribution in [2.24, 2.45) is 0 Å². The molecule has 4 nitrogen and oxygen atoms in total. The van der Waals surface area contributed by atoms with E-state index in [0.717, 1.165) is 55.6 Å².